The Morgan fingerprint density at radius 1 is 1.26 bits per heavy atom. The largest absolute Gasteiger partial charge is 0.383 e. The van der Waals surface area contributed by atoms with Crippen LogP contribution in [0.3, 0.4) is 0 Å². The first kappa shape index (κ1) is 21.7. The van der Waals surface area contributed by atoms with Crippen LogP contribution in [0.1, 0.15) is 46.0 Å². The number of thiophene rings is 1. The smallest absolute Gasteiger partial charge is 0.261 e. The van der Waals surface area contributed by atoms with Crippen LogP contribution in [-0.4, -0.2) is 48.7 Å². The van der Waals surface area contributed by atoms with Gasteiger partial charge in [-0.15, -0.1) is 11.3 Å². The van der Waals surface area contributed by atoms with Gasteiger partial charge < -0.3 is 15.0 Å². The van der Waals surface area contributed by atoms with Gasteiger partial charge in [0.25, 0.3) is 5.91 Å². The molecule has 1 atom stereocenters. The van der Waals surface area contributed by atoms with Gasteiger partial charge >= 0.3 is 0 Å². The SMILES string of the molecule is COCCNC(=O)c1sc2ccccc2c1C[C@@H]1CCCCN1c1cc(C)nc(C)n1. The van der Waals surface area contributed by atoms with E-state index in [-0.39, 0.29) is 5.91 Å². The lowest BCUT2D eigenvalue weighted by molar-refractivity contribution is 0.0940. The molecule has 1 aromatic carbocycles. The molecule has 0 bridgehead atoms. The highest BCUT2D eigenvalue weighted by Gasteiger charge is 2.28. The van der Waals surface area contributed by atoms with E-state index in [1.54, 1.807) is 18.4 Å². The Bertz CT molecular complexity index is 1040. The number of carbonyl (C=O) groups is 1. The molecule has 0 radical (unpaired) electrons. The molecule has 164 valence electrons. The van der Waals surface area contributed by atoms with Crippen LogP contribution in [-0.2, 0) is 11.2 Å². The molecule has 31 heavy (non-hydrogen) atoms. The molecule has 2 aromatic heterocycles. The molecule has 7 heteroatoms. The van der Waals surface area contributed by atoms with E-state index in [0.29, 0.717) is 19.2 Å². The number of rotatable bonds is 7. The van der Waals surface area contributed by atoms with Crippen molar-refractivity contribution in [1.82, 2.24) is 15.3 Å². The summed E-state index contributed by atoms with van der Waals surface area (Å²) in [7, 11) is 1.64. The third kappa shape index (κ3) is 4.88. The van der Waals surface area contributed by atoms with E-state index in [2.05, 4.69) is 39.5 Å². The normalized spacial score (nSPS) is 16.6. The van der Waals surface area contributed by atoms with Crippen LogP contribution in [0.25, 0.3) is 10.1 Å². The van der Waals surface area contributed by atoms with Crippen LogP contribution >= 0.6 is 11.3 Å². The predicted molar refractivity (Wildman–Crippen MR) is 126 cm³/mol. The second-order valence-electron chi connectivity index (χ2n) is 8.12. The molecule has 0 saturated carbocycles. The first-order valence-corrected chi connectivity index (χ1v) is 11.7. The van der Waals surface area contributed by atoms with Crippen molar-refractivity contribution < 1.29 is 9.53 Å². The Kier molecular flexibility index (Phi) is 6.83. The van der Waals surface area contributed by atoms with Gasteiger partial charge in [-0.3, -0.25) is 4.79 Å². The number of aryl methyl sites for hydroxylation is 2. The number of nitrogens with zero attached hydrogens (tertiary/aromatic N) is 3. The van der Waals surface area contributed by atoms with E-state index in [1.807, 2.05) is 19.9 Å². The molecule has 1 aliphatic heterocycles. The number of methoxy groups -OCH3 is 1. The predicted octanol–water partition coefficient (Wildman–Crippen LogP) is 4.29. The summed E-state index contributed by atoms with van der Waals surface area (Å²) in [5.41, 5.74) is 2.14. The maximum Gasteiger partial charge on any atom is 0.261 e. The van der Waals surface area contributed by atoms with Gasteiger partial charge in [0, 0.05) is 42.7 Å². The van der Waals surface area contributed by atoms with Crippen LogP contribution in [0.5, 0.6) is 0 Å². The van der Waals surface area contributed by atoms with Gasteiger partial charge in [-0.2, -0.15) is 0 Å². The van der Waals surface area contributed by atoms with Crippen LogP contribution < -0.4 is 10.2 Å². The minimum absolute atomic E-state index is 0.00988. The Morgan fingerprint density at radius 3 is 2.90 bits per heavy atom. The number of piperidine rings is 1. The second kappa shape index (κ2) is 9.75. The van der Waals surface area contributed by atoms with Crippen molar-refractivity contribution in [2.24, 2.45) is 0 Å². The standard InChI is InChI=1S/C24H30N4O2S/c1-16-14-22(27-17(2)26-16)28-12-7-6-8-18(28)15-20-19-9-4-5-10-21(19)31-23(20)24(29)25-11-13-30-3/h4-5,9-10,14,18H,6-8,11-13,15H2,1-3H3,(H,25,29)/t18-/m0/s1. The fourth-order valence-corrected chi connectivity index (χ4v) is 5.58. The molecule has 3 aromatic rings. The van der Waals surface area contributed by atoms with E-state index >= 15 is 0 Å². The quantitative estimate of drug-likeness (QED) is 0.558. The van der Waals surface area contributed by atoms with Crippen molar-refractivity contribution in [2.45, 2.75) is 45.6 Å². The Hall–Kier alpha value is -2.51. The van der Waals surface area contributed by atoms with E-state index in [4.69, 9.17) is 9.72 Å². The van der Waals surface area contributed by atoms with Gasteiger partial charge in [-0.25, -0.2) is 9.97 Å². The number of nitrogens with one attached hydrogen (secondary N) is 1. The van der Waals surface area contributed by atoms with Gasteiger partial charge in [0.2, 0.25) is 0 Å². The number of benzene rings is 1. The minimum Gasteiger partial charge on any atom is -0.383 e. The minimum atomic E-state index is -0.00988. The zero-order valence-electron chi connectivity index (χ0n) is 18.5. The summed E-state index contributed by atoms with van der Waals surface area (Å²) in [5, 5.41) is 4.19. The third-order valence-electron chi connectivity index (χ3n) is 5.81. The molecule has 0 aliphatic carbocycles. The van der Waals surface area contributed by atoms with Crippen molar-refractivity contribution in [1.29, 1.82) is 0 Å². The molecule has 1 amide bonds. The molecule has 1 aliphatic rings. The fraction of sp³-hybridized carbons (Fsp3) is 0.458. The number of ether oxygens (including phenoxy) is 1. The van der Waals surface area contributed by atoms with Gasteiger partial charge in [-0.1, -0.05) is 18.2 Å². The molecule has 4 rings (SSSR count). The van der Waals surface area contributed by atoms with Crippen molar-refractivity contribution in [3.8, 4) is 0 Å². The lowest BCUT2D eigenvalue weighted by Crippen LogP contribution is -2.42. The molecule has 1 fully saturated rings. The number of anilines is 1. The molecule has 6 nitrogen and oxygen atoms in total. The molecule has 0 spiro atoms. The summed E-state index contributed by atoms with van der Waals surface area (Å²) in [6, 6.07) is 10.7. The number of hydrogen-bond acceptors (Lipinski definition) is 6. The maximum absolute atomic E-state index is 13.0. The summed E-state index contributed by atoms with van der Waals surface area (Å²) < 4.78 is 6.25. The van der Waals surface area contributed by atoms with Crippen LogP contribution in [0.4, 0.5) is 5.82 Å². The average molecular weight is 439 g/mol. The molecule has 1 N–H and O–H groups in total. The Morgan fingerprint density at radius 2 is 2.10 bits per heavy atom. The summed E-state index contributed by atoms with van der Waals surface area (Å²) >= 11 is 1.58. The summed E-state index contributed by atoms with van der Waals surface area (Å²) in [5.74, 6) is 1.79. The van der Waals surface area contributed by atoms with Gasteiger partial charge in [-0.05, 0) is 56.5 Å². The average Bonchev–Trinajstić information content (AvgIpc) is 3.12. The van der Waals surface area contributed by atoms with Gasteiger partial charge in [0.15, 0.2) is 0 Å². The Labute approximate surface area is 187 Å². The van der Waals surface area contributed by atoms with Crippen molar-refractivity contribution >= 4 is 33.1 Å². The zero-order valence-corrected chi connectivity index (χ0v) is 19.3. The first-order valence-electron chi connectivity index (χ1n) is 10.9. The maximum atomic E-state index is 13.0. The highest BCUT2D eigenvalue weighted by molar-refractivity contribution is 7.21. The molecule has 1 saturated heterocycles. The summed E-state index contributed by atoms with van der Waals surface area (Å²) in [6.07, 6.45) is 4.28. The molecular formula is C24H30N4O2S. The van der Waals surface area contributed by atoms with Gasteiger partial charge in [0.1, 0.15) is 11.6 Å². The Balaban J connectivity index is 1.67. The fourth-order valence-electron chi connectivity index (χ4n) is 4.43. The number of fused-ring (bicyclic) bond motifs is 1. The van der Waals surface area contributed by atoms with E-state index in [1.165, 1.54) is 11.8 Å². The molecule has 0 unspecified atom stereocenters. The molecule has 3 heterocycles. The second-order valence-corrected chi connectivity index (χ2v) is 9.17. The van der Waals surface area contributed by atoms with Crippen LogP contribution in [0, 0.1) is 13.8 Å². The zero-order chi connectivity index (χ0) is 21.8. The van der Waals surface area contributed by atoms with Crippen molar-refractivity contribution in [3.05, 3.63) is 52.3 Å². The highest BCUT2D eigenvalue weighted by atomic mass is 32.1. The van der Waals surface area contributed by atoms with E-state index in [9.17, 15) is 4.79 Å². The van der Waals surface area contributed by atoms with Crippen LogP contribution in [0.15, 0.2) is 30.3 Å². The van der Waals surface area contributed by atoms with Crippen LogP contribution in [0.2, 0.25) is 0 Å². The monoisotopic (exact) mass is 438 g/mol. The topological polar surface area (TPSA) is 67.3 Å². The lowest BCUT2D eigenvalue weighted by Gasteiger charge is -2.37. The van der Waals surface area contributed by atoms with Crippen molar-refractivity contribution in [2.75, 3.05) is 31.7 Å². The van der Waals surface area contributed by atoms with Crippen molar-refractivity contribution in [3.63, 3.8) is 0 Å². The summed E-state index contributed by atoms with van der Waals surface area (Å²) in [4.78, 5) is 25.4. The van der Waals surface area contributed by atoms with E-state index < -0.39 is 0 Å². The lowest BCUT2D eigenvalue weighted by atomic mass is 9.94. The number of aromatic nitrogens is 2. The number of hydrogen-bond donors (Lipinski definition) is 1. The van der Waals surface area contributed by atoms with Gasteiger partial charge in [0.05, 0.1) is 11.5 Å². The highest BCUT2D eigenvalue weighted by Crippen LogP contribution is 2.35. The number of carbonyl (C=O) groups excluding carboxylic acids is 1. The first-order chi connectivity index (χ1) is 15.1. The molecular weight excluding hydrogens is 408 g/mol. The number of amides is 1. The summed E-state index contributed by atoms with van der Waals surface area (Å²) in [6.45, 7) is 5.97. The third-order valence-corrected chi connectivity index (χ3v) is 7.02. The van der Waals surface area contributed by atoms with E-state index in [0.717, 1.165) is 58.3 Å².